The maximum atomic E-state index is 17.0. The fourth-order valence-corrected chi connectivity index (χ4v) is 5.52. The van der Waals surface area contributed by atoms with Gasteiger partial charge in [0.1, 0.15) is 17.4 Å². The minimum atomic E-state index is -1.02. The van der Waals surface area contributed by atoms with Crippen molar-refractivity contribution in [2.45, 2.75) is 26.7 Å². The minimum Gasteiger partial charge on any atom is -0.507 e. The molecule has 1 aromatic heterocycles. The number of nitrogens with zero attached hydrogens (tertiary/aromatic N) is 5. The Hall–Kier alpha value is -4.31. The molecule has 4 rings (SSSR count). The third-order valence-corrected chi connectivity index (χ3v) is 7.54. The molecule has 0 radical (unpaired) electrons. The van der Waals surface area contributed by atoms with Gasteiger partial charge >= 0.3 is 0 Å². The Balaban J connectivity index is 2.01. The molecule has 0 atom stereocenters. The number of phenols is 1. The summed E-state index contributed by atoms with van der Waals surface area (Å²) in [5.41, 5.74) is 0.681. The molecule has 1 saturated heterocycles. The molecule has 1 N–H and O–H groups in total. The van der Waals surface area contributed by atoms with Crippen molar-refractivity contribution in [3.63, 3.8) is 0 Å². The number of aromatic nitrogens is 1. The van der Waals surface area contributed by atoms with Gasteiger partial charge in [-0.3, -0.25) is 24.5 Å². The van der Waals surface area contributed by atoms with Gasteiger partial charge in [0.05, 0.1) is 27.7 Å². The lowest BCUT2D eigenvalue weighted by Crippen LogP contribution is -2.50. The van der Waals surface area contributed by atoms with Crippen molar-refractivity contribution < 1.29 is 23.5 Å². The number of aryl methyl sites for hydroxylation is 1. The number of piperazine rings is 1. The van der Waals surface area contributed by atoms with E-state index in [0.717, 1.165) is 11.0 Å². The number of hydrogen-bond acceptors (Lipinski definition) is 5. The monoisotopic (exact) mass is 595 g/mol. The maximum Gasteiger partial charge on any atom is 0.246 e. The zero-order valence-corrected chi connectivity index (χ0v) is 24.6. The number of amidine groups is 1. The smallest absolute Gasteiger partial charge is 0.246 e. The Labute approximate surface area is 248 Å². The molecule has 2 aromatic carbocycles. The SMILES string of the molecule is C=CC(=O)N1CCN(C(=NC)c2cc(Cl)c(-c3c(O)cccc3F)c(F)c2N(C=O)c2c(C)ccnc2C(C)C)CC1. The first-order chi connectivity index (χ1) is 20.0. The predicted octanol–water partition coefficient (Wildman–Crippen LogP) is 5.82. The van der Waals surface area contributed by atoms with Crippen molar-refractivity contribution in [1.82, 2.24) is 14.8 Å². The van der Waals surface area contributed by atoms with E-state index in [9.17, 15) is 14.7 Å². The normalized spacial score (nSPS) is 13.9. The van der Waals surface area contributed by atoms with E-state index in [1.807, 2.05) is 18.7 Å². The Kier molecular flexibility index (Phi) is 9.26. The topological polar surface area (TPSA) is 89.3 Å². The Bertz CT molecular complexity index is 1550. The minimum absolute atomic E-state index is 0.133. The molecule has 2 amide bonds. The van der Waals surface area contributed by atoms with Gasteiger partial charge in [0, 0.05) is 50.6 Å². The molecule has 0 saturated carbocycles. The van der Waals surface area contributed by atoms with Gasteiger partial charge in [-0.25, -0.2) is 8.78 Å². The van der Waals surface area contributed by atoms with Crippen LogP contribution >= 0.6 is 11.6 Å². The zero-order chi connectivity index (χ0) is 30.7. The second-order valence-corrected chi connectivity index (χ2v) is 10.5. The van der Waals surface area contributed by atoms with Crippen LogP contribution in [0.4, 0.5) is 20.2 Å². The Morgan fingerprint density at radius 3 is 2.38 bits per heavy atom. The lowest BCUT2D eigenvalue weighted by molar-refractivity contribution is -0.127. The number of carbonyl (C=O) groups is 2. The van der Waals surface area contributed by atoms with Gasteiger partial charge in [0.2, 0.25) is 12.3 Å². The van der Waals surface area contributed by atoms with E-state index in [1.165, 1.54) is 31.3 Å². The number of carbonyl (C=O) groups excluding carboxylic acids is 2. The van der Waals surface area contributed by atoms with Crippen molar-refractivity contribution in [2.24, 2.45) is 4.99 Å². The summed E-state index contributed by atoms with van der Waals surface area (Å²) in [7, 11) is 1.53. The first-order valence-electron chi connectivity index (χ1n) is 13.4. The second kappa shape index (κ2) is 12.7. The molecule has 2 heterocycles. The van der Waals surface area contributed by atoms with Crippen LogP contribution in [-0.2, 0) is 9.59 Å². The van der Waals surface area contributed by atoms with Crippen LogP contribution in [0.25, 0.3) is 11.1 Å². The fraction of sp³-hybridized carbons (Fsp3) is 0.290. The fourth-order valence-electron chi connectivity index (χ4n) is 5.23. The Morgan fingerprint density at radius 1 is 1.14 bits per heavy atom. The van der Waals surface area contributed by atoms with E-state index in [4.69, 9.17) is 11.6 Å². The third-order valence-electron chi connectivity index (χ3n) is 7.24. The average Bonchev–Trinajstić information content (AvgIpc) is 2.97. The highest BCUT2D eigenvalue weighted by atomic mass is 35.5. The number of halogens is 3. The highest BCUT2D eigenvalue weighted by Crippen LogP contribution is 2.45. The summed E-state index contributed by atoms with van der Waals surface area (Å²) in [5.74, 6) is -2.44. The quantitative estimate of drug-likeness (QED) is 0.161. The van der Waals surface area contributed by atoms with Crippen molar-refractivity contribution >= 4 is 41.1 Å². The molecule has 220 valence electrons. The summed E-state index contributed by atoms with van der Waals surface area (Å²) < 4.78 is 32.0. The molecule has 0 aliphatic carbocycles. The summed E-state index contributed by atoms with van der Waals surface area (Å²) in [6, 6.07) is 6.73. The number of anilines is 2. The van der Waals surface area contributed by atoms with Gasteiger partial charge in [-0.05, 0) is 48.7 Å². The summed E-state index contributed by atoms with van der Waals surface area (Å²) in [5, 5.41) is 10.4. The summed E-state index contributed by atoms with van der Waals surface area (Å²) in [6.45, 7) is 10.6. The van der Waals surface area contributed by atoms with E-state index in [2.05, 4.69) is 16.6 Å². The molecule has 42 heavy (non-hydrogen) atoms. The van der Waals surface area contributed by atoms with Crippen molar-refractivity contribution in [1.29, 1.82) is 0 Å². The second-order valence-electron chi connectivity index (χ2n) is 10.1. The lowest BCUT2D eigenvalue weighted by atomic mass is 9.96. The van der Waals surface area contributed by atoms with E-state index in [1.54, 1.807) is 24.1 Å². The number of phenolic OH excluding ortho intramolecular Hbond substituents is 1. The zero-order valence-electron chi connectivity index (χ0n) is 23.9. The molecule has 0 unspecified atom stereocenters. The summed E-state index contributed by atoms with van der Waals surface area (Å²) >= 11 is 6.64. The number of pyridine rings is 1. The first kappa shape index (κ1) is 30.6. The third kappa shape index (κ3) is 5.59. The molecular formula is C31H32ClF2N5O3. The molecule has 3 aromatic rings. The molecule has 0 spiro atoms. The van der Waals surface area contributed by atoms with Gasteiger partial charge in [-0.1, -0.05) is 38.1 Å². The van der Waals surface area contributed by atoms with Crippen molar-refractivity contribution in [3.05, 3.63) is 82.7 Å². The van der Waals surface area contributed by atoms with Gasteiger partial charge in [-0.15, -0.1) is 0 Å². The summed E-state index contributed by atoms with van der Waals surface area (Å²) in [4.78, 5) is 38.6. The van der Waals surface area contributed by atoms with Crippen LogP contribution in [0.5, 0.6) is 5.75 Å². The van der Waals surface area contributed by atoms with Gasteiger partial charge in [-0.2, -0.15) is 0 Å². The molecule has 1 aliphatic heterocycles. The summed E-state index contributed by atoms with van der Waals surface area (Å²) in [6.07, 6.45) is 3.34. The van der Waals surface area contributed by atoms with E-state index in [0.29, 0.717) is 55.4 Å². The molecule has 0 bridgehead atoms. The van der Waals surface area contributed by atoms with E-state index >= 15 is 8.78 Å². The standard InChI is InChI=1S/C31H32ClF2N5O3/c1-6-24(42)37-12-14-38(15-13-37)31(35-5)20-16-21(32)25(26-22(33)8-7-9-23(26)41)27(34)30(20)39(17-40)29-19(4)10-11-36-28(29)18(2)3/h6-11,16-18,41H,1,12-15H2,2-5H3. The average molecular weight is 596 g/mol. The van der Waals surface area contributed by atoms with Crippen LogP contribution < -0.4 is 4.90 Å². The highest BCUT2D eigenvalue weighted by molar-refractivity contribution is 6.34. The molecule has 8 nitrogen and oxygen atoms in total. The van der Waals surface area contributed by atoms with E-state index in [-0.39, 0.29) is 28.1 Å². The number of benzene rings is 2. The Morgan fingerprint density at radius 2 is 1.81 bits per heavy atom. The molecule has 1 fully saturated rings. The van der Waals surface area contributed by atoms with Crippen LogP contribution in [0, 0.1) is 18.6 Å². The van der Waals surface area contributed by atoms with Crippen LogP contribution in [0.1, 0.15) is 36.6 Å². The van der Waals surface area contributed by atoms with E-state index < -0.39 is 28.5 Å². The number of amides is 2. The predicted molar refractivity (Wildman–Crippen MR) is 161 cm³/mol. The van der Waals surface area contributed by atoms with Crippen LogP contribution in [0.15, 0.2) is 54.2 Å². The van der Waals surface area contributed by atoms with Crippen LogP contribution in [0.2, 0.25) is 5.02 Å². The van der Waals surface area contributed by atoms with Gasteiger partial charge in [0.15, 0.2) is 5.82 Å². The van der Waals surface area contributed by atoms with Crippen molar-refractivity contribution in [3.8, 4) is 16.9 Å². The highest BCUT2D eigenvalue weighted by Gasteiger charge is 2.33. The van der Waals surface area contributed by atoms with Crippen LogP contribution in [0.3, 0.4) is 0 Å². The number of rotatable bonds is 7. The van der Waals surface area contributed by atoms with Gasteiger partial charge < -0.3 is 14.9 Å². The van der Waals surface area contributed by atoms with Crippen molar-refractivity contribution in [2.75, 3.05) is 38.1 Å². The van der Waals surface area contributed by atoms with Gasteiger partial charge in [0.25, 0.3) is 0 Å². The van der Waals surface area contributed by atoms with Crippen LogP contribution in [-0.4, -0.2) is 71.3 Å². The molecule has 11 heteroatoms. The molecular weight excluding hydrogens is 564 g/mol. The first-order valence-corrected chi connectivity index (χ1v) is 13.8. The largest absolute Gasteiger partial charge is 0.507 e. The maximum absolute atomic E-state index is 17.0. The lowest BCUT2D eigenvalue weighted by Gasteiger charge is -2.37. The number of aliphatic imine (C=N–C) groups is 1. The number of aromatic hydroxyl groups is 1. The molecule has 1 aliphatic rings. The number of hydrogen-bond donors (Lipinski definition) is 1.